The lowest BCUT2D eigenvalue weighted by Crippen LogP contribution is -2.25. The Labute approximate surface area is 170 Å². The molecule has 1 aromatic heterocycles. The van der Waals surface area contributed by atoms with Crippen molar-refractivity contribution in [3.05, 3.63) is 81.5 Å². The average molecular weight is 417 g/mol. The van der Waals surface area contributed by atoms with Gasteiger partial charge in [-0.15, -0.1) is 23.1 Å². The second-order valence-corrected chi connectivity index (χ2v) is 8.07. The third-order valence-corrected chi connectivity index (χ3v) is 5.83. The molecule has 0 bridgehead atoms. The van der Waals surface area contributed by atoms with Crippen molar-refractivity contribution in [2.45, 2.75) is 4.90 Å². The topological polar surface area (TPSA) is 58.2 Å². The molecule has 0 radical (unpaired) electrons. The highest BCUT2D eigenvalue weighted by Gasteiger charge is 2.12. The summed E-state index contributed by atoms with van der Waals surface area (Å²) in [7, 11) is 0. The molecule has 0 saturated heterocycles. The summed E-state index contributed by atoms with van der Waals surface area (Å²) in [5, 5.41) is 7.85. The number of amides is 2. The van der Waals surface area contributed by atoms with Crippen LogP contribution in [0, 0.1) is 0 Å². The van der Waals surface area contributed by atoms with Gasteiger partial charge in [-0.2, -0.15) is 0 Å². The first kappa shape index (κ1) is 19.5. The molecule has 0 aliphatic carbocycles. The molecule has 2 N–H and O–H groups in total. The number of rotatable bonds is 7. The van der Waals surface area contributed by atoms with E-state index >= 15 is 0 Å². The van der Waals surface area contributed by atoms with Gasteiger partial charge >= 0.3 is 0 Å². The molecule has 3 rings (SSSR count). The van der Waals surface area contributed by atoms with Crippen LogP contribution in [0.1, 0.15) is 20.0 Å². The van der Waals surface area contributed by atoms with Gasteiger partial charge in [0.05, 0.1) is 15.6 Å². The van der Waals surface area contributed by atoms with Crippen LogP contribution in [0.15, 0.2) is 70.9 Å². The normalized spacial score (nSPS) is 10.4. The van der Waals surface area contributed by atoms with Gasteiger partial charge in [-0.25, -0.2) is 0 Å². The Bertz CT molecular complexity index is 915. The Morgan fingerprint density at radius 1 is 1.00 bits per heavy atom. The SMILES string of the molecule is O=C(NCCSc1ccccc1)c1ccc(Cl)c(NC(=O)c2cccs2)c1. The third-order valence-electron chi connectivity index (χ3n) is 3.62. The number of hydrogen-bond acceptors (Lipinski definition) is 4. The zero-order valence-corrected chi connectivity index (χ0v) is 16.7. The van der Waals surface area contributed by atoms with Crippen molar-refractivity contribution in [1.29, 1.82) is 0 Å². The zero-order valence-electron chi connectivity index (χ0n) is 14.3. The van der Waals surface area contributed by atoms with E-state index in [0.29, 0.717) is 27.7 Å². The van der Waals surface area contributed by atoms with Gasteiger partial charge in [0.2, 0.25) is 0 Å². The van der Waals surface area contributed by atoms with E-state index in [1.54, 1.807) is 42.1 Å². The van der Waals surface area contributed by atoms with Gasteiger partial charge in [0, 0.05) is 22.8 Å². The Balaban J connectivity index is 1.56. The molecule has 0 aliphatic heterocycles. The number of halogens is 1. The van der Waals surface area contributed by atoms with Crippen molar-refractivity contribution >= 4 is 52.2 Å². The largest absolute Gasteiger partial charge is 0.351 e. The van der Waals surface area contributed by atoms with Crippen LogP contribution in [-0.4, -0.2) is 24.1 Å². The molecule has 2 aromatic carbocycles. The number of thiophene rings is 1. The van der Waals surface area contributed by atoms with Crippen molar-refractivity contribution in [2.24, 2.45) is 0 Å². The van der Waals surface area contributed by atoms with Crippen LogP contribution in [0.4, 0.5) is 5.69 Å². The summed E-state index contributed by atoms with van der Waals surface area (Å²) >= 11 is 9.17. The van der Waals surface area contributed by atoms with E-state index in [9.17, 15) is 9.59 Å². The van der Waals surface area contributed by atoms with E-state index in [1.165, 1.54) is 11.3 Å². The van der Waals surface area contributed by atoms with Crippen LogP contribution in [0.25, 0.3) is 0 Å². The molecule has 0 saturated carbocycles. The molecule has 27 heavy (non-hydrogen) atoms. The minimum Gasteiger partial charge on any atom is -0.351 e. The van der Waals surface area contributed by atoms with Gasteiger partial charge in [0.15, 0.2) is 0 Å². The lowest BCUT2D eigenvalue weighted by atomic mass is 10.2. The van der Waals surface area contributed by atoms with E-state index in [2.05, 4.69) is 10.6 Å². The smallest absolute Gasteiger partial charge is 0.265 e. The number of carbonyl (C=O) groups excluding carboxylic acids is 2. The van der Waals surface area contributed by atoms with Gasteiger partial charge in [0.1, 0.15) is 0 Å². The molecule has 2 amide bonds. The second-order valence-electron chi connectivity index (χ2n) is 5.54. The van der Waals surface area contributed by atoms with E-state index in [-0.39, 0.29) is 11.8 Å². The molecule has 0 aliphatic rings. The van der Waals surface area contributed by atoms with Crippen LogP contribution in [0.5, 0.6) is 0 Å². The van der Waals surface area contributed by atoms with Gasteiger partial charge in [-0.1, -0.05) is 35.9 Å². The molecule has 0 fully saturated rings. The Morgan fingerprint density at radius 2 is 1.81 bits per heavy atom. The highest BCUT2D eigenvalue weighted by Crippen LogP contribution is 2.24. The van der Waals surface area contributed by atoms with Crippen molar-refractivity contribution in [1.82, 2.24) is 5.32 Å². The van der Waals surface area contributed by atoms with E-state index in [4.69, 9.17) is 11.6 Å². The van der Waals surface area contributed by atoms with Crippen molar-refractivity contribution in [3.8, 4) is 0 Å². The summed E-state index contributed by atoms with van der Waals surface area (Å²) in [5.41, 5.74) is 0.868. The molecular formula is C20H17ClN2O2S2. The maximum absolute atomic E-state index is 12.4. The minimum absolute atomic E-state index is 0.202. The number of hydrogen-bond donors (Lipinski definition) is 2. The Hall–Kier alpha value is -2.28. The standard InChI is InChI=1S/C20H17ClN2O2S2/c21-16-9-8-14(13-17(16)23-20(25)18-7-4-11-27-18)19(24)22-10-12-26-15-5-2-1-3-6-15/h1-9,11,13H,10,12H2,(H,22,24)(H,23,25). The summed E-state index contributed by atoms with van der Waals surface area (Å²) in [6.07, 6.45) is 0. The number of anilines is 1. The van der Waals surface area contributed by atoms with Crippen LogP contribution >= 0.6 is 34.7 Å². The first-order chi connectivity index (χ1) is 13.1. The highest BCUT2D eigenvalue weighted by molar-refractivity contribution is 7.99. The molecular weight excluding hydrogens is 400 g/mol. The quantitative estimate of drug-likeness (QED) is 0.412. The molecule has 4 nitrogen and oxygen atoms in total. The molecule has 1 heterocycles. The lowest BCUT2D eigenvalue weighted by molar-refractivity contribution is 0.0954. The zero-order chi connectivity index (χ0) is 19.1. The van der Waals surface area contributed by atoms with Crippen molar-refractivity contribution in [2.75, 3.05) is 17.6 Å². The van der Waals surface area contributed by atoms with E-state index in [0.717, 1.165) is 10.6 Å². The maximum Gasteiger partial charge on any atom is 0.265 e. The van der Waals surface area contributed by atoms with Gasteiger partial charge in [0.25, 0.3) is 11.8 Å². The average Bonchev–Trinajstić information content (AvgIpc) is 3.22. The van der Waals surface area contributed by atoms with Crippen LogP contribution in [-0.2, 0) is 0 Å². The number of thioether (sulfide) groups is 1. The van der Waals surface area contributed by atoms with Crippen molar-refractivity contribution < 1.29 is 9.59 Å². The number of carbonyl (C=O) groups is 2. The molecule has 0 unspecified atom stereocenters. The molecule has 3 aromatic rings. The highest BCUT2D eigenvalue weighted by atomic mass is 35.5. The van der Waals surface area contributed by atoms with E-state index in [1.807, 2.05) is 35.7 Å². The summed E-state index contributed by atoms with van der Waals surface area (Å²) in [4.78, 5) is 26.3. The van der Waals surface area contributed by atoms with Crippen molar-refractivity contribution in [3.63, 3.8) is 0 Å². The first-order valence-electron chi connectivity index (χ1n) is 8.24. The lowest BCUT2D eigenvalue weighted by Gasteiger charge is -2.10. The fraction of sp³-hybridized carbons (Fsp3) is 0.100. The summed E-state index contributed by atoms with van der Waals surface area (Å²) in [5.74, 6) is 0.321. The van der Waals surface area contributed by atoms with Gasteiger partial charge in [-0.05, 0) is 41.8 Å². The summed E-state index contributed by atoms with van der Waals surface area (Å²) in [6, 6.07) is 18.4. The number of benzene rings is 2. The summed E-state index contributed by atoms with van der Waals surface area (Å²) in [6.45, 7) is 0.540. The fourth-order valence-corrected chi connectivity index (χ4v) is 3.88. The predicted molar refractivity (Wildman–Crippen MR) is 113 cm³/mol. The van der Waals surface area contributed by atoms with Gasteiger partial charge in [-0.3, -0.25) is 9.59 Å². The Morgan fingerprint density at radius 3 is 2.56 bits per heavy atom. The third kappa shape index (κ3) is 5.60. The molecule has 0 spiro atoms. The monoisotopic (exact) mass is 416 g/mol. The number of nitrogens with one attached hydrogen (secondary N) is 2. The molecule has 7 heteroatoms. The van der Waals surface area contributed by atoms with Crippen LogP contribution in [0.2, 0.25) is 5.02 Å². The minimum atomic E-state index is -0.247. The Kier molecular flexibility index (Phi) is 6.92. The predicted octanol–water partition coefficient (Wildman–Crippen LogP) is 5.18. The van der Waals surface area contributed by atoms with Crippen LogP contribution in [0.3, 0.4) is 0 Å². The molecule has 0 atom stereocenters. The van der Waals surface area contributed by atoms with Gasteiger partial charge < -0.3 is 10.6 Å². The maximum atomic E-state index is 12.4. The second kappa shape index (κ2) is 9.60. The summed E-state index contributed by atoms with van der Waals surface area (Å²) < 4.78 is 0. The van der Waals surface area contributed by atoms with Crippen LogP contribution < -0.4 is 10.6 Å². The first-order valence-corrected chi connectivity index (χ1v) is 10.5. The fourth-order valence-electron chi connectivity index (χ4n) is 2.31. The van der Waals surface area contributed by atoms with E-state index < -0.39 is 0 Å². The molecule has 138 valence electrons.